The Morgan fingerprint density at radius 3 is 2.62 bits per heavy atom. The first kappa shape index (κ1) is 21.7. The van der Waals surface area contributed by atoms with Gasteiger partial charge in [-0.05, 0) is 39.0 Å². The van der Waals surface area contributed by atoms with Crippen molar-refractivity contribution in [1.82, 2.24) is 28.8 Å². The van der Waals surface area contributed by atoms with Crippen LogP contribution in [0.3, 0.4) is 0 Å². The molecule has 0 spiro atoms. The van der Waals surface area contributed by atoms with Crippen LogP contribution in [-0.2, 0) is 16.6 Å². The molecule has 9 nitrogen and oxygen atoms in total. The van der Waals surface area contributed by atoms with Gasteiger partial charge >= 0.3 is 0 Å². The van der Waals surface area contributed by atoms with Crippen LogP contribution in [0.15, 0.2) is 12.1 Å². The van der Waals surface area contributed by atoms with Crippen LogP contribution in [0.4, 0.5) is 11.6 Å². The molecule has 2 aromatic rings. The molecule has 29 heavy (non-hydrogen) atoms. The van der Waals surface area contributed by atoms with Crippen LogP contribution in [0.1, 0.15) is 43.9 Å². The molecule has 1 fully saturated rings. The topological polar surface area (TPSA) is 107 Å². The third-order valence-electron chi connectivity index (χ3n) is 5.19. The molecule has 160 valence electrons. The van der Waals surface area contributed by atoms with E-state index in [4.69, 9.17) is 0 Å². The lowest BCUT2D eigenvalue weighted by Gasteiger charge is -2.35. The second kappa shape index (κ2) is 9.19. The molecule has 2 N–H and O–H groups in total. The van der Waals surface area contributed by atoms with Crippen molar-refractivity contribution >= 4 is 21.8 Å². The molecule has 0 aliphatic carbocycles. The van der Waals surface area contributed by atoms with E-state index in [1.54, 1.807) is 4.31 Å². The molecule has 3 rings (SSSR count). The summed E-state index contributed by atoms with van der Waals surface area (Å²) in [5, 5.41) is 10.3. The van der Waals surface area contributed by atoms with Crippen LogP contribution >= 0.6 is 0 Å². The Morgan fingerprint density at radius 2 is 1.97 bits per heavy atom. The molecule has 1 saturated heterocycles. The number of rotatable bonds is 8. The van der Waals surface area contributed by atoms with E-state index in [9.17, 15) is 8.42 Å². The van der Waals surface area contributed by atoms with Crippen molar-refractivity contribution in [3.8, 4) is 0 Å². The molecule has 0 aromatic carbocycles. The maximum Gasteiger partial charge on any atom is 0.281 e. The van der Waals surface area contributed by atoms with E-state index in [-0.39, 0.29) is 5.92 Å². The SMILES string of the molecule is CCN(CC)S(=O)(=O)N1CCC[C@@H](Cc2cc(Nc3cc(C)[nH]n3)nc(C)n2)C1. The average Bonchev–Trinajstić information content (AvgIpc) is 3.07. The average molecular weight is 422 g/mol. The Labute approximate surface area is 173 Å². The van der Waals surface area contributed by atoms with Gasteiger partial charge in [0.2, 0.25) is 0 Å². The lowest BCUT2D eigenvalue weighted by atomic mass is 9.94. The van der Waals surface area contributed by atoms with Crippen molar-refractivity contribution in [2.45, 2.75) is 47.0 Å². The zero-order valence-electron chi connectivity index (χ0n) is 17.6. The Bertz CT molecular complexity index is 924. The van der Waals surface area contributed by atoms with Gasteiger partial charge in [-0.15, -0.1) is 0 Å². The molecule has 2 aromatic heterocycles. The van der Waals surface area contributed by atoms with Crippen molar-refractivity contribution in [1.29, 1.82) is 0 Å². The van der Waals surface area contributed by atoms with E-state index in [2.05, 4.69) is 25.5 Å². The highest BCUT2D eigenvalue weighted by Gasteiger charge is 2.32. The van der Waals surface area contributed by atoms with E-state index in [0.717, 1.165) is 30.7 Å². The fourth-order valence-corrected chi connectivity index (χ4v) is 5.56. The molecule has 0 bridgehead atoms. The summed E-state index contributed by atoms with van der Waals surface area (Å²) >= 11 is 0. The van der Waals surface area contributed by atoms with Crippen molar-refractivity contribution in [2.24, 2.45) is 5.92 Å². The summed E-state index contributed by atoms with van der Waals surface area (Å²) in [5.74, 6) is 2.33. The van der Waals surface area contributed by atoms with Gasteiger partial charge in [0.25, 0.3) is 10.2 Å². The monoisotopic (exact) mass is 421 g/mol. The highest BCUT2D eigenvalue weighted by molar-refractivity contribution is 7.86. The van der Waals surface area contributed by atoms with Crippen LogP contribution in [0.25, 0.3) is 0 Å². The van der Waals surface area contributed by atoms with Gasteiger partial charge in [-0.3, -0.25) is 5.10 Å². The number of anilines is 2. The van der Waals surface area contributed by atoms with Crippen LogP contribution < -0.4 is 5.32 Å². The van der Waals surface area contributed by atoms with E-state index < -0.39 is 10.2 Å². The molecule has 10 heteroatoms. The van der Waals surface area contributed by atoms with Gasteiger partial charge in [0, 0.05) is 49.7 Å². The Balaban J connectivity index is 1.70. The number of hydrogen-bond acceptors (Lipinski definition) is 6. The summed E-state index contributed by atoms with van der Waals surface area (Å²) < 4.78 is 28.9. The molecule has 3 heterocycles. The van der Waals surface area contributed by atoms with Gasteiger partial charge < -0.3 is 5.32 Å². The number of H-pyrrole nitrogens is 1. The van der Waals surface area contributed by atoms with E-state index in [1.807, 2.05) is 39.8 Å². The lowest BCUT2D eigenvalue weighted by molar-refractivity contribution is 0.247. The Hall–Kier alpha value is -2.04. The standard InChI is InChI=1S/C19H31N7O2S/c1-5-25(6-2)29(27,28)26-9-7-8-16(13-26)11-17-12-18(21-15(4)20-17)22-19-10-14(3)23-24-19/h10,12,16H,5-9,11,13H2,1-4H3,(H2,20,21,22,23,24)/t16-/m0/s1. The first-order valence-corrected chi connectivity index (χ1v) is 11.6. The molecule has 0 radical (unpaired) electrons. The summed E-state index contributed by atoms with van der Waals surface area (Å²) in [6.45, 7) is 9.66. The fraction of sp³-hybridized carbons (Fsp3) is 0.632. The smallest absolute Gasteiger partial charge is 0.281 e. The van der Waals surface area contributed by atoms with E-state index in [1.165, 1.54) is 4.31 Å². The number of nitrogens with one attached hydrogen (secondary N) is 2. The molecule has 1 atom stereocenters. The lowest BCUT2D eigenvalue weighted by Crippen LogP contribution is -2.48. The second-order valence-corrected chi connectivity index (χ2v) is 9.44. The fourth-order valence-electron chi connectivity index (χ4n) is 3.82. The number of aryl methyl sites for hydroxylation is 2. The number of aromatic nitrogens is 4. The third kappa shape index (κ3) is 5.31. The predicted molar refractivity (Wildman–Crippen MR) is 113 cm³/mol. The predicted octanol–water partition coefficient (Wildman–Crippen LogP) is 2.40. The van der Waals surface area contributed by atoms with Crippen LogP contribution in [0.2, 0.25) is 0 Å². The van der Waals surface area contributed by atoms with Gasteiger partial charge in [0.05, 0.1) is 0 Å². The minimum atomic E-state index is -3.39. The highest BCUT2D eigenvalue weighted by atomic mass is 32.2. The van der Waals surface area contributed by atoms with E-state index >= 15 is 0 Å². The minimum Gasteiger partial charge on any atom is -0.323 e. The molecule has 1 aliphatic heterocycles. The van der Waals surface area contributed by atoms with Crippen molar-refractivity contribution in [3.63, 3.8) is 0 Å². The van der Waals surface area contributed by atoms with Gasteiger partial charge in [0.1, 0.15) is 11.6 Å². The number of hydrogen-bond donors (Lipinski definition) is 2. The zero-order chi connectivity index (χ0) is 21.0. The van der Waals surface area contributed by atoms with E-state index in [0.29, 0.717) is 43.6 Å². The van der Waals surface area contributed by atoms with Gasteiger partial charge in [-0.25, -0.2) is 9.97 Å². The molecular weight excluding hydrogens is 390 g/mol. The van der Waals surface area contributed by atoms with Gasteiger partial charge in [-0.1, -0.05) is 13.8 Å². The largest absolute Gasteiger partial charge is 0.323 e. The second-order valence-electron chi connectivity index (χ2n) is 7.52. The van der Waals surface area contributed by atoms with Crippen molar-refractivity contribution < 1.29 is 8.42 Å². The maximum atomic E-state index is 12.9. The first-order valence-electron chi connectivity index (χ1n) is 10.2. The maximum absolute atomic E-state index is 12.9. The molecular formula is C19H31N7O2S. The zero-order valence-corrected chi connectivity index (χ0v) is 18.5. The van der Waals surface area contributed by atoms with Gasteiger partial charge in [-0.2, -0.15) is 22.1 Å². The molecule has 0 amide bonds. The normalized spacial score (nSPS) is 18.3. The minimum absolute atomic E-state index is 0.240. The summed E-state index contributed by atoms with van der Waals surface area (Å²) in [4.78, 5) is 9.01. The molecule has 0 saturated carbocycles. The number of aromatic amines is 1. The quantitative estimate of drug-likeness (QED) is 0.678. The first-order chi connectivity index (χ1) is 13.8. The summed E-state index contributed by atoms with van der Waals surface area (Å²) in [7, 11) is -3.39. The van der Waals surface area contributed by atoms with Crippen LogP contribution in [-0.4, -0.2) is 63.4 Å². The van der Waals surface area contributed by atoms with Crippen molar-refractivity contribution in [3.05, 3.63) is 29.3 Å². The Morgan fingerprint density at radius 1 is 1.21 bits per heavy atom. The summed E-state index contributed by atoms with van der Waals surface area (Å²) in [6, 6.07) is 3.84. The molecule has 0 unspecified atom stereocenters. The summed E-state index contributed by atoms with van der Waals surface area (Å²) in [6.07, 6.45) is 2.59. The number of piperidine rings is 1. The molecule has 1 aliphatic rings. The van der Waals surface area contributed by atoms with Crippen LogP contribution in [0, 0.1) is 19.8 Å². The third-order valence-corrected chi connectivity index (χ3v) is 7.34. The highest BCUT2D eigenvalue weighted by Crippen LogP contribution is 2.25. The van der Waals surface area contributed by atoms with Gasteiger partial charge in [0.15, 0.2) is 5.82 Å². The van der Waals surface area contributed by atoms with Crippen molar-refractivity contribution in [2.75, 3.05) is 31.5 Å². The van der Waals surface area contributed by atoms with Crippen LogP contribution in [0.5, 0.6) is 0 Å². The number of nitrogens with zero attached hydrogens (tertiary/aromatic N) is 5. The summed E-state index contributed by atoms with van der Waals surface area (Å²) in [5.41, 5.74) is 1.88. The Kier molecular flexibility index (Phi) is 6.86.